The topological polar surface area (TPSA) is 69.7 Å². The number of allylic oxidation sites excluding steroid dienone is 2. The van der Waals surface area contributed by atoms with Crippen LogP contribution in [0.2, 0.25) is 0 Å². The van der Waals surface area contributed by atoms with E-state index in [1.54, 1.807) is 26.0 Å². The van der Waals surface area contributed by atoms with Gasteiger partial charge >= 0.3 is 11.9 Å². The van der Waals surface area contributed by atoms with E-state index in [0.29, 0.717) is 12.0 Å². The molecular weight excluding hydrogens is 320 g/mol. The molecule has 0 bridgehead atoms. The van der Waals surface area contributed by atoms with E-state index in [9.17, 15) is 14.4 Å². The average molecular weight is 346 g/mol. The lowest BCUT2D eigenvalue weighted by molar-refractivity contribution is -0.149. The highest BCUT2D eigenvalue weighted by Crippen LogP contribution is 2.50. The van der Waals surface area contributed by atoms with Gasteiger partial charge in [-0.25, -0.2) is 4.79 Å². The van der Waals surface area contributed by atoms with E-state index in [1.165, 1.54) is 0 Å². The van der Waals surface area contributed by atoms with Crippen LogP contribution in [0.1, 0.15) is 41.0 Å². The Morgan fingerprint density at radius 3 is 2.60 bits per heavy atom. The van der Waals surface area contributed by atoms with Gasteiger partial charge in [0.25, 0.3) is 0 Å². The van der Waals surface area contributed by atoms with E-state index in [2.05, 4.69) is 0 Å². The van der Waals surface area contributed by atoms with Crippen molar-refractivity contribution in [3.05, 3.63) is 23.3 Å². The fourth-order valence-corrected chi connectivity index (χ4v) is 4.73. The Bertz CT molecular complexity index is 674. The summed E-state index contributed by atoms with van der Waals surface area (Å²) in [5.74, 6) is -1.33. The van der Waals surface area contributed by atoms with Crippen LogP contribution in [0.3, 0.4) is 0 Å². The van der Waals surface area contributed by atoms with Crippen LogP contribution < -0.4 is 0 Å². The number of rotatable bonds is 2. The second-order valence-electron chi connectivity index (χ2n) is 7.74. The maximum Gasteiger partial charge on any atom is 0.333 e. The molecular formula is C20H26O5. The highest BCUT2D eigenvalue weighted by molar-refractivity contribution is 5.96. The maximum atomic E-state index is 12.5. The van der Waals surface area contributed by atoms with Crippen molar-refractivity contribution in [2.24, 2.45) is 29.6 Å². The number of hydrogen-bond acceptors (Lipinski definition) is 5. The molecule has 1 heterocycles. The summed E-state index contributed by atoms with van der Waals surface area (Å²) in [5.41, 5.74) is 1.51. The summed E-state index contributed by atoms with van der Waals surface area (Å²) in [6, 6.07) is 0. The lowest BCUT2D eigenvalue weighted by Gasteiger charge is -2.29. The van der Waals surface area contributed by atoms with Crippen molar-refractivity contribution < 1.29 is 23.9 Å². The minimum Gasteiger partial charge on any atom is -0.461 e. The second kappa shape index (κ2) is 6.43. The van der Waals surface area contributed by atoms with Gasteiger partial charge in [-0.05, 0) is 39.2 Å². The molecule has 0 radical (unpaired) electrons. The summed E-state index contributed by atoms with van der Waals surface area (Å²) in [4.78, 5) is 37.1. The normalized spacial score (nSPS) is 40.8. The van der Waals surface area contributed by atoms with E-state index in [-0.39, 0.29) is 47.3 Å². The number of esters is 2. The molecule has 7 unspecified atom stereocenters. The number of carbonyl (C=O) groups excluding carboxylic acids is 3. The first-order valence-corrected chi connectivity index (χ1v) is 9.02. The zero-order chi connectivity index (χ0) is 18.5. The Labute approximate surface area is 148 Å². The monoisotopic (exact) mass is 346 g/mol. The third-order valence-electron chi connectivity index (χ3n) is 6.21. The van der Waals surface area contributed by atoms with Crippen LogP contribution in [0, 0.1) is 29.6 Å². The minimum absolute atomic E-state index is 0.0615. The molecule has 5 nitrogen and oxygen atoms in total. The quantitative estimate of drug-likeness (QED) is 0.568. The van der Waals surface area contributed by atoms with Crippen molar-refractivity contribution in [3.63, 3.8) is 0 Å². The number of ketones is 1. The van der Waals surface area contributed by atoms with Crippen LogP contribution in [0.25, 0.3) is 0 Å². The maximum absolute atomic E-state index is 12.5. The molecule has 0 N–H and O–H groups in total. The van der Waals surface area contributed by atoms with E-state index in [4.69, 9.17) is 9.47 Å². The summed E-state index contributed by atoms with van der Waals surface area (Å²) < 4.78 is 11.5. The number of fused-ring (bicyclic) bond motifs is 3. The standard InChI is InChI=1S/C20H26O5/c1-6-9(2)19(22)24-14-8-11(4)15-13(21)7-10(3)16(15)18-17(14)12(5)20(23)25-18/h6-7,11-12,14-18H,8H2,1-5H3. The lowest BCUT2D eigenvalue weighted by atomic mass is 9.77. The number of carbonyl (C=O) groups is 3. The fourth-order valence-electron chi connectivity index (χ4n) is 4.73. The molecule has 2 fully saturated rings. The highest BCUT2D eigenvalue weighted by atomic mass is 16.6. The molecule has 1 saturated carbocycles. The molecule has 136 valence electrons. The minimum atomic E-state index is -0.421. The summed E-state index contributed by atoms with van der Waals surface area (Å²) in [7, 11) is 0. The third-order valence-corrected chi connectivity index (χ3v) is 6.21. The van der Waals surface area contributed by atoms with Gasteiger partial charge in [0.15, 0.2) is 5.78 Å². The Hall–Kier alpha value is -1.91. The molecule has 2 aliphatic carbocycles. The molecule has 3 rings (SSSR count). The van der Waals surface area contributed by atoms with Crippen LogP contribution in [-0.4, -0.2) is 29.9 Å². The van der Waals surface area contributed by atoms with E-state index >= 15 is 0 Å². The van der Waals surface area contributed by atoms with Gasteiger partial charge in [0, 0.05) is 23.3 Å². The molecule has 0 aromatic carbocycles. The van der Waals surface area contributed by atoms with E-state index < -0.39 is 12.2 Å². The summed E-state index contributed by atoms with van der Waals surface area (Å²) in [6.45, 7) is 9.29. The summed E-state index contributed by atoms with van der Waals surface area (Å²) >= 11 is 0. The predicted molar refractivity (Wildman–Crippen MR) is 91.4 cm³/mol. The number of hydrogen-bond donors (Lipinski definition) is 0. The summed E-state index contributed by atoms with van der Waals surface area (Å²) in [5, 5.41) is 0. The van der Waals surface area contributed by atoms with Crippen molar-refractivity contribution in [2.75, 3.05) is 0 Å². The Balaban J connectivity index is 1.98. The Kier molecular flexibility index (Phi) is 4.60. The van der Waals surface area contributed by atoms with Crippen molar-refractivity contribution in [1.82, 2.24) is 0 Å². The molecule has 0 spiro atoms. The van der Waals surface area contributed by atoms with E-state index in [0.717, 1.165) is 5.57 Å². The van der Waals surface area contributed by atoms with Crippen LogP contribution in [0.5, 0.6) is 0 Å². The molecule has 7 atom stereocenters. The van der Waals surface area contributed by atoms with Crippen molar-refractivity contribution >= 4 is 17.7 Å². The molecule has 3 aliphatic rings. The van der Waals surface area contributed by atoms with Crippen LogP contribution in [0.4, 0.5) is 0 Å². The molecule has 0 aromatic rings. The predicted octanol–water partition coefficient (Wildman–Crippen LogP) is 2.84. The first-order chi connectivity index (χ1) is 11.8. The van der Waals surface area contributed by atoms with Gasteiger partial charge in [-0.15, -0.1) is 0 Å². The van der Waals surface area contributed by atoms with Crippen molar-refractivity contribution in [2.45, 2.75) is 53.2 Å². The lowest BCUT2D eigenvalue weighted by Crippen LogP contribution is -2.38. The van der Waals surface area contributed by atoms with E-state index in [1.807, 2.05) is 20.8 Å². The third kappa shape index (κ3) is 2.83. The van der Waals surface area contributed by atoms with Crippen LogP contribution >= 0.6 is 0 Å². The SMILES string of the molecule is CC=C(C)C(=O)OC1CC(C)C2C(=O)C=C(C)C2C2OC(=O)C(C)C12. The number of ether oxygens (including phenoxy) is 2. The Morgan fingerprint density at radius 1 is 1.28 bits per heavy atom. The zero-order valence-electron chi connectivity index (χ0n) is 15.4. The first-order valence-electron chi connectivity index (χ1n) is 9.02. The van der Waals surface area contributed by atoms with Crippen LogP contribution in [0.15, 0.2) is 23.3 Å². The largest absolute Gasteiger partial charge is 0.461 e. The molecule has 0 amide bonds. The first kappa shape index (κ1) is 17.9. The molecule has 25 heavy (non-hydrogen) atoms. The van der Waals surface area contributed by atoms with Crippen molar-refractivity contribution in [1.29, 1.82) is 0 Å². The summed E-state index contributed by atoms with van der Waals surface area (Å²) in [6.07, 6.45) is 3.15. The zero-order valence-corrected chi connectivity index (χ0v) is 15.4. The van der Waals surface area contributed by atoms with Gasteiger partial charge in [-0.2, -0.15) is 0 Å². The van der Waals surface area contributed by atoms with Gasteiger partial charge in [-0.3, -0.25) is 9.59 Å². The van der Waals surface area contributed by atoms with Gasteiger partial charge in [-0.1, -0.05) is 25.5 Å². The molecule has 1 aliphatic heterocycles. The highest BCUT2D eigenvalue weighted by Gasteiger charge is 2.58. The molecule has 0 aromatic heterocycles. The van der Waals surface area contributed by atoms with Gasteiger partial charge < -0.3 is 9.47 Å². The fraction of sp³-hybridized carbons (Fsp3) is 0.650. The van der Waals surface area contributed by atoms with Crippen molar-refractivity contribution in [3.8, 4) is 0 Å². The molecule has 1 saturated heterocycles. The van der Waals surface area contributed by atoms with Gasteiger partial charge in [0.2, 0.25) is 0 Å². The average Bonchev–Trinajstić information content (AvgIpc) is 2.96. The van der Waals surface area contributed by atoms with Gasteiger partial charge in [0.05, 0.1) is 5.92 Å². The molecule has 5 heteroatoms. The smallest absolute Gasteiger partial charge is 0.333 e. The van der Waals surface area contributed by atoms with Crippen LogP contribution in [-0.2, 0) is 23.9 Å². The second-order valence-corrected chi connectivity index (χ2v) is 7.74. The van der Waals surface area contributed by atoms with Gasteiger partial charge in [0.1, 0.15) is 12.2 Å². The Morgan fingerprint density at radius 2 is 1.96 bits per heavy atom.